The van der Waals surface area contributed by atoms with Gasteiger partial charge in [-0.05, 0) is 49.1 Å². The van der Waals surface area contributed by atoms with Crippen LogP contribution < -0.4 is 5.32 Å². The third kappa shape index (κ3) is 4.99. The number of nitrogens with one attached hydrogen (secondary N) is 1. The molecule has 4 nitrogen and oxygen atoms in total. The van der Waals surface area contributed by atoms with Crippen molar-refractivity contribution in [1.82, 2.24) is 10.2 Å². The Kier molecular flexibility index (Phi) is 6.34. The summed E-state index contributed by atoms with van der Waals surface area (Å²) in [4.78, 5) is 26.3. The minimum atomic E-state index is -0.503. The molecule has 0 bridgehead atoms. The first-order valence-corrected chi connectivity index (χ1v) is 9.47. The molecule has 1 heterocycles. The fourth-order valence-corrected chi connectivity index (χ4v) is 3.70. The number of halogens is 3. The first-order valence-electron chi connectivity index (χ1n) is 8.72. The highest BCUT2D eigenvalue weighted by Crippen LogP contribution is 2.21. The van der Waals surface area contributed by atoms with Crippen molar-refractivity contribution in [1.29, 1.82) is 0 Å². The molecule has 1 aliphatic rings. The lowest BCUT2D eigenvalue weighted by atomic mass is 9.96. The molecule has 0 aromatic heterocycles. The minimum absolute atomic E-state index is 0.0992. The molecule has 1 saturated heterocycles. The number of carbonyl (C=O) groups excluding carboxylic acids is 2. The van der Waals surface area contributed by atoms with Gasteiger partial charge in [0.05, 0.1) is 5.56 Å². The summed E-state index contributed by atoms with van der Waals surface area (Å²) < 4.78 is 13.8. The normalized spacial score (nSPS) is 14.9. The number of hydrogen-bond acceptors (Lipinski definition) is 2. The van der Waals surface area contributed by atoms with Crippen molar-refractivity contribution in [3.63, 3.8) is 0 Å². The number of likely N-dealkylation sites (tertiary alicyclic amines) is 1. The Labute approximate surface area is 167 Å². The van der Waals surface area contributed by atoms with E-state index in [4.69, 9.17) is 23.2 Å². The van der Waals surface area contributed by atoms with Gasteiger partial charge in [-0.3, -0.25) is 9.59 Å². The van der Waals surface area contributed by atoms with Crippen molar-refractivity contribution >= 4 is 35.0 Å². The summed E-state index contributed by atoms with van der Waals surface area (Å²) in [6, 6.07) is 10.7. The van der Waals surface area contributed by atoms with Crippen LogP contribution in [0.5, 0.6) is 0 Å². The number of nitrogens with zero attached hydrogens (tertiary/aromatic N) is 1. The van der Waals surface area contributed by atoms with Gasteiger partial charge in [-0.2, -0.15) is 0 Å². The van der Waals surface area contributed by atoms with E-state index in [2.05, 4.69) is 5.32 Å². The van der Waals surface area contributed by atoms with Gasteiger partial charge >= 0.3 is 0 Å². The summed E-state index contributed by atoms with van der Waals surface area (Å²) in [6.45, 7) is 1.58. The van der Waals surface area contributed by atoms with Crippen LogP contribution in [0.3, 0.4) is 0 Å². The lowest BCUT2D eigenvalue weighted by Crippen LogP contribution is -2.41. The number of benzene rings is 2. The highest BCUT2D eigenvalue weighted by atomic mass is 35.5. The molecule has 0 atom stereocenters. The van der Waals surface area contributed by atoms with Crippen LogP contribution >= 0.6 is 23.2 Å². The maximum absolute atomic E-state index is 13.8. The number of hydrogen-bond donors (Lipinski definition) is 1. The SMILES string of the molecule is O=C(NCC1CCN(C(=O)c2ccccc2F)CC1)c1cc(Cl)cc(Cl)c1. The predicted molar refractivity (Wildman–Crippen MR) is 104 cm³/mol. The van der Waals surface area contributed by atoms with Gasteiger partial charge in [-0.1, -0.05) is 35.3 Å². The van der Waals surface area contributed by atoms with E-state index in [1.165, 1.54) is 12.1 Å². The lowest BCUT2D eigenvalue weighted by Gasteiger charge is -2.32. The minimum Gasteiger partial charge on any atom is -0.352 e. The molecule has 2 aromatic rings. The summed E-state index contributed by atoms with van der Waals surface area (Å²) in [7, 11) is 0. The molecule has 1 fully saturated rings. The Morgan fingerprint density at radius 2 is 1.70 bits per heavy atom. The van der Waals surface area contributed by atoms with Crippen molar-refractivity contribution in [2.24, 2.45) is 5.92 Å². The molecule has 0 unspecified atom stereocenters. The Balaban J connectivity index is 1.50. The van der Waals surface area contributed by atoms with Crippen LogP contribution in [0.1, 0.15) is 33.6 Å². The van der Waals surface area contributed by atoms with Gasteiger partial charge in [0.15, 0.2) is 0 Å². The lowest BCUT2D eigenvalue weighted by molar-refractivity contribution is 0.0679. The average molecular weight is 409 g/mol. The zero-order chi connectivity index (χ0) is 19.4. The van der Waals surface area contributed by atoms with Crippen molar-refractivity contribution in [3.8, 4) is 0 Å². The van der Waals surface area contributed by atoms with Gasteiger partial charge in [0.25, 0.3) is 11.8 Å². The quantitative estimate of drug-likeness (QED) is 0.813. The van der Waals surface area contributed by atoms with E-state index in [1.54, 1.807) is 35.2 Å². The second kappa shape index (κ2) is 8.72. The zero-order valence-electron chi connectivity index (χ0n) is 14.6. The topological polar surface area (TPSA) is 49.4 Å². The number of amides is 2. The smallest absolute Gasteiger partial charge is 0.256 e. The van der Waals surface area contributed by atoms with E-state index in [0.29, 0.717) is 35.2 Å². The van der Waals surface area contributed by atoms with Gasteiger partial charge < -0.3 is 10.2 Å². The molecule has 0 aliphatic carbocycles. The molecule has 2 aromatic carbocycles. The van der Waals surface area contributed by atoms with E-state index in [9.17, 15) is 14.0 Å². The van der Waals surface area contributed by atoms with Gasteiger partial charge in [0.1, 0.15) is 5.82 Å². The van der Waals surface area contributed by atoms with Crippen LogP contribution in [0.4, 0.5) is 4.39 Å². The van der Waals surface area contributed by atoms with E-state index in [1.807, 2.05) is 0 Å². The van der Waals surface area contributed by atoms with Crippen molar-refractivity contribution in [3.05, 3.63) is 69.5 Å². The third-order valence-corrected chi connectivity index (χ3v) is 5.12. The van der Waals surface area contributed by atoms with Crippen LogP contribution in [0.25, 0.3) is 0 Å². The molecule has 7 heteroatoms. The molecular formula is C20H19Cl2FN2O2. The van der Waals surface area contributed by atoms with Gasteiger partial charge in [0.2, 0.25) is 0 Å². The van der Waals surface area contributed by atoms with Crippen molar-refractivity contribution < 1.29 is 14.0 Å². The molecule has 27 heavy (non-hydrogen) atoms. The molecule has 142 valence electrons. The highest BCUT2D eigenvalue weighted by molar-refractivity contribution is 6.35. The summed E-state index contributed by atoms with van der Waals surface area (Å²) in [5, 5.41) is 3.71. The molecular weight excluding hydrogens is 390 g/mol. The highest BCUT2D eigenvalue weighted by Gasteiger charge is 2.25. The van der Waals surface area contributed by atoms with Gasteiger partial charge in [0, 0.05) is 35.2 Å². The summed E-state index contributed by atoms with van der Waals surface area (Å²) in [5.74, 6) is -0.765. The van der Waals surface area contributed by atoms with Crippen LogP contribution in [-0.2, 0) is 0 Å². The zero-order valence-corrected chi connectivity index (χ0v) is 16.1. The Morgan fingerprint density at radius 1 is 1.07 bits per heavy atom. The van der Waals surface area contributed by atoms with E-state index in [-0.39, 0.29) is 23.3 Å². The molecule has 0 spiro atoms. The van der Waals surface area contributed by atoms with E-state index < -0.39 is 5.82 Å². The maximum atomic E-state index is 13.8. The Hall–Kier alpha value is -2.11. The molecule has 0 saturated carbocycles. The van der Waals surface area contributed by atoms with Crippen LogP contribution in [0, 0.1) is 11.7 Å². The average Bonchev–Trinajstić information content (AvgIpc) is 2.65. The Bertz CT molecular complexity index is 831. The van der Waals surface area contributed by atoms with Crippen LogP contribution in [0.15, 0.2) is 42.5 Å². The molecule has 0 radical (unpaired) electrons. The first kappa shape index (κ1) is 19.6. The molecule has 1 N–H and O–H groups in total. The molecule has 1 aliphatic heterocycles. The molecule has 3 rings (SSSR count). The number of piperidine rings is 1. The number of rotatable bonds is 4. The summed E-state index contributed by atoms with van der Waals surface area (Å²) in [6.07, 6.45) is 1.49. The fraction of sp³-hybridized carbons (Fsp3) is 0.300. The van der Waals surface area contributed by atoms with E-state index in [0.717, 1.165) is 12.8 Å². The fourth-order valence-electron chi connectivity index (χ4n) is 3.17. The second-order valence-corrected chi connectivity index (χ2v) is 7.46. The van der Waals surface area contributed by atoms with Gasteiger partial charge in [-0.25, -0.2) is 4.39 Å². The second-order valence-electron chi connectivity index (χ2n) is 6.58. The largest absolute Gasteiger partial charge is 0.352 e. The van der Waals surface area contributed by atoms with Crippen LogP contribution in [-0.4, -0.2) is 36.3 Å². The number of carbonyl (C=O) groups is 2. The maximum Gasteiger partial charge on any atom is 0.256 e. The monoisotopic (exact) mass is 408 g/mol. The standard InChI is InChI=1S/C20H19Cl2FN2O2/c21-15-9-14(10-16(22)11-15)19(26)24-12-13-5-7-25(8-6-13)20(27)17-3-1-2-4-18(17)23/h1-4,9-11,13H,5-8,12H2,(H,24,26). The molecule has 2 amide bonds. The van der Waals surface area contributed by atoms with Gasteiger partial charge in [-0.15, -0.1) is 0 Å². The Morgan fingerprint density at radius 3 is 2.33 bits per heavy atom. The van der Waals surface area contributed by atoms with Crippen molar-refractivity contribution in [2.45, 2.75) is 12.8 Å². The van der Waals surface area contributed by atoms with Crippen LogP contribution in [0.2, 0.25) is 10.0 Å². The summed E-state index contributed by atoms with van der Waals surface area (Å²) in [5.41, 5.74) is 0.516. The van der Waals surface area contributed by atoms with Crippen molar-refractivity contribution in [2.75, 3.05) is 19.6 Å². The third-order valence-electron chi connectivity index (χ3n) is 4.68. The predicted octanol–water partition coefficient (Wildman–Crippen LogP) is 4.41. The van der Waals surface area contributed by atoms with E-state index >= 15 is 0 Å². The summed E-state index contributed by atoms with van der Waals surface area (Å²) >= 11 is 11.8. The first-order chi connectivity index (χ1) is 12.9.